The van der Waals surface area contributed by atoms with Crippen molar-refractivity contribution in [2.75, 3.05) is 25.5 Å². The molecule has 0 unspecified atom stereocenters. The molecule has 3 amide bonds. The topological polar surface area (TPSA) is 90.0 Å². The number of para-hydroxylation sites is 1. The summed E-state index contributed by atoms with van der Waals surface area (Å²) in [5.74, 6) is -0.274. The van der Waals surface area contributed by atoms with Crippen molar-refractivity contribution in [1.29, 1.82) is 0 Å². The molecule has 1 saturated heterocycles. The number of rotatable bonds is 2. The first-order valence-electron chi connectivity index (χ1n) is 7.58. The van der Waals surface area contributed by atoms with Gasteiger partial charge in [0.2, 0.25) is 11.8 Å². The normalized spacial score (nSPS) is 22.1. The first-order chi connectivity index (χ1) is 10.9. The Morgan fingerprint density at radius 3 is 2.52 bits per heavy atom. The highest BCUT2D eigenvalue weighted by molar-refractivity contribution is 6.09. The van der Waals surface area contributed by atoms with Gasteiger partial charge in [0, 0.05) is 25.8 Å². The van der Waals surface area contributed by atoms with Crippen LogP contribution in [-0.2, 0) is 15.0 Å². The predicted octanol–water partition coefficient (Wildman–Crippen LogP) is 0.861. The Morgan fingerprint density at radius 2 is 1.91 bits per heavy atom. The maximum Gasteiger partial charge on any atom is 0.407 e. The quantitative estimate of drug-likeness (QED) is 0.847. The number of hydrogen-bond acceptors (Lipinski definition) is 3. The van der Waals surface area contributed by atoms with Crippen molar-refractivity contribution < 1.29 is 19.5 Å². The van der Waals surface area contributed by atoms with Crippen LogP contribution in [0, 0.1) is 0 Å². The van der Waals surface area contributed by atoms with Gasteiger partial charge in [-0.25, -0.2) is 4.79 Å². The molecule has 2 fully saturated rings. The molecule has 1 aromatic rings. The van der Waals surface area contributed by atoms with E-state index in [9.17, 15) is 14.4 Å². The minimum Gasteiger partial charge on any atom is -0.465 e. The maximum atomic E-state index is 12.7. The molecule has 0 aromatic heterocycles. The Bertz CT molecular complexity index is 735. The second-order valence-electron chi connectivity index (χ2n) is 6.62. The summed E-state index contributed by atoms with van der Waals surface area (Å²) in [6.07, 6.45) is -0.0167. The molecule has 2 aliphatic heterocycles. The van der Waals surface area contributed by atoms with Crippen LogP contribution in [0.1, 0.15) is 18.4 Å². The van der Waals surface area contributed by atoms with Crippen LogP contribution in [0.2, 0.25) is 0 Å². The lowest BCUT2D eigenvalue weighted by Gasteiger charge is -2.48. The Kier molecular flexibility index (Phi) is 2.59. The minimum atomic E-state index is -1.10. The number of carbonyl (C=O) groups excluding carboxylic acids is 2. The molecule has 0 atom stereocenters. The average Bonchev–Trinajstić information content (AvgIpc) is 3.23. The van der Waals surface area contributed by atoms with Gasteiger partial charge in [-0.2, -0.15) is 0 Å². The third kappa shape index (κ3) is 1.67. The summed E-state index contributed by atoms with van der Waals surface area (Å²) < 4.78 is 0. The fraction of sp³-hybridized carbons (Fsp3) is 0.438. The SMILES string of the molecule is CN(C(=O)O)C1(C(=O)N2CC3(C2)C(=O)Nc2ccccc23)CC1. The summed E-state index contributed by atoms with van der Waals surface area (Å²) in [6, 6.07) is 7.50. The van der Waals surface area contributed by atoms with Crippen molar-refractivity contribution in [1.82, 2.24) is 9.80 Å². The molecule has 7 heteroatoms. The summed E-state index contributed by atoms with van der Waals surface area (Å²) >= 11 is 0. The zero-order valence-electron chi connectivity index (χ0n) is 12.7. The summed E-state index contributed by atoms with van der Waals surface area (Å²) in [5, 5.41) is 12.0. The van der Waals surface area contributed by atoms with Crippen LogP contribution in [0.25, 0.3) is 0 Å². The maximum absolute atomic E-state index is 12.7. The molecule has 1 aromatic carbocycles. The van der Waals surface area contributed by atoms with Crippen LogP contribution in [-0.4, -0.2) is 58.5 Å². The highest BCUT2D eigenvalue weighted by atomic mass is 16.4. The summed E-state index contributed by atoms with van der Waals surface area (Å²) in [6.45, 7) is 0.619. The number of carboxylic acid groups (broad SMARTS) is 1. The van der Waals surface area contributed by atoms with Crippen LogP contribution in [0.4, 0.5) is 10.5 Å². The molecule has 2 heterocycles. The van der Waals surface area contributed by atoms with Crippen LogP contribution in [0.3, 0.4) is 0 Å². The Balaban J connectivity index is 1.55. The average molecular weight is 315 g/mol. The third-order valence-electron chi connectivity index (χ3n) is 5.38. The number of likely N-dealkylation sites (tertiary alicyclic amines) is 1. The number of benzene rings is 1. The van der Waals surface area contributed by atoms with Gasteiger partial charge < -0.3 is 15.3 Å². The number of carbonyl (C=O) groups is 3. The molecule has 0 bridgehead atoms. The van der Waals surface area contributed by atoms with Gasteiger partial charge in [0.15, 0.2) is 0 Å². The van der Waals surface area contributed by atoms with E-state index in [4.69, 9.17) is 5.11 Å². The number of nitrogens with zero attached hydrogens (tertiary/aromatic N) is 2. The predicted molar refractivity (Wildman–Crippen MR) is 81.1 cm³/mol. The van der Waals surface area contributed by atoms with Crippen molar-refractivity contribution in [3.63, 3.8) is 0 Å². The van der Waals surface area contributed by atoms with Crippen LogP contribution >= 0.6 is 0 Å². The lowest BCUT2D eigenvalue weighted by molar-refractivity contribution is -0.148. The Hall–Kier alpha value is -2.57. The zero-order chi connectivity index (χ0) is 16.4. The fourth-order valence-electron chi connectivity index (χ4n) is 3.73. The first-order valence-corrected chi connectivity index (χ1v) is 7.58. The molecule has 23 heavy (non-hydrogen) atoms. The Morgan fingerprint density at radius 1 is 1.26 bits per heavy atom. The molecule has 1 saturated carbocycles. The molecular weight excluding hydrogens is 298 g/mol. The lowest BCUT2D eigenvalue weighted by atomic mass is 9.74. The van der Waals surface area contributed by atoms with Crippen LogP contribution in [0.15, 0.2) is 24.3 Å². The van der Waals surface area contributed by atoms with E-state index in [-0.39, 0.29) is 11.8 Å². The van der Waals surface area contributed by atoms with E-state index < -0.39 is 17.0 Å². The van der Waals surface area contributed by atoms with Gasteiger partial charge in [-0.05, 0) is 24.5 Å². The van der Waals surface area contributed by atoms with Crippen molar-refractivity contribution in [3.05, 3.63) is 29.8 Å². The fourth-order valence-corrected chi connectivity index (χ4v) is 3.73. The van der Waals surface area contributed by atoms with E-state index in [2.05, 4.69) is 5.32 Å². The van der Waals surface area contributed by atoms with Gasteiger partial charge in [-0.3, -0.25) is 14.5 Å². The van der Waals surface area contributed by atoms with Crippen molar-refractivity contribution >= 4 is 23.6 Å². The van der Waals surface area contributed by atoms with E-state index in [1.807, 2.05) is 24.3 Å². The van der Waals surface area contributed by atoms with Gasteiger partial charge >= 0.3 is 6.09 Å². The van der Waals surface area contributed by atoms with E-state index in [0.29, 0.717) is 25.9 Å². The number of anilines is 1. The molecule has 4 rings (SSSR count). The molecule has 120 valence electrons. The smallest absolute Gasteiger partial charge is 0.407 e. The monoisotopic (exact) mass is 315 g/mol. The largest absolute Gasteiger partial charge is 0.465 e. The van der Waals surface area contributed by atoms with Gasteiger partial charge in [0.05, 0.1) is 0 Å². The lowest BCUT2D eigenvalue weighted by Crippen LogP contribution is -2.67. The second kappa shape index (κ2) is 4.24. The molecule has 1 aliphatic carbocycles. The standard InChI is InChI=1S/C16H17N3O4/c1-18(14(22)23)16(6-7-16)13(21)19-8-15(9-19)10-4-2-3-5-11(10)17-12(15)20/h2-5H,6-9H2,1H3,(H,17,20)(H,22,23). The van der Waals surface area contributed by atoms with Crippen molar-refractivity contribution in [2.24, 2.45) is 0 Å². The molecule has 1 spiro atoms. The Labute approximate surface area is 132 Å². The molecular formula is C16H17N3O4. The number of likely N-dealkylation sites (N-methyl/N-ethyl adjacent to an activating group) is 1. The van der Waals surface area contributed by atoms with E-state index in [1.54, 1.807) is 4.90 Å². The highest BCUT2D eigenvalue weighted by Gasteiger charge is 2.63. The third-order valence-corrected chi connectivity index (χ3v) is 5.38. The van der Waals surface area contributed by atoms with Crippen molar-refractivity contribution in [3.8, 4) is 0 Å². The number of amides is 3. The summed E-state index contributed by atoms with van der Waals surface area (Å²) in [4.78, 5) is 38.9. The number of hydrogen-bond donors (Lipinski definition) is 2. The highest BCUT2D eigenvalue weighted by Crippen LogP contribution is 2.48. The molecule has 7 nitrogen and oxygen atoms in total. The second-order valence-corrected chi connectivity index (χ2v) is 6.62. The number of nitrogens with one attached hydrogen (secondary N) is 1. The summed E-state index contributed by atoms with van der Waals surface area (Å²) in [7, 11) is 1.43. The molecule has 2 N–H and O–H groups in total. The van der Waals surface area contributed by atoms with Crippen molar-refractivity contribution in [2.45, 2.75) is 23.8 Å². The van der Waals surface area contributed by atoms with Gasteiger partial charge in [0.1, 0.15) is 11.0 Å². The van der Waals surface area contributed by atoms with Crippen LogP contribution < -0.4 is 5.32 Å². The van der Waals surface area contributed by atoms with E-state index >= 15 is 0 Å². The van der Waals surface area contributed by atoms with Gasteiger partial charge in [0.25, 0.3) is 0 Å². The molecule has 3 aliphatic rings. The summed E-state index contributed by atoms with van der Waals surface area (Å²) in [5.41, 5.74) is 0.116. The molecule has 0 radical (unpaired) electrons. The van der Waals surface area contributed by atoms with E-state index in [0.717, 1.165) is 16.2 Å². The van der Waals surface area contributed by atoms with E-state index in [1.165, 1.54) is 7.05 Å². The first kappa shape index (κ1) is 14.0. The number of fused-ring (bicyclic) bond motifs is 2. The van der Waals surface area contributed by atoms with Gasteiger partial charge in [-0.1, -0.05) is 18.2 Å². The minimum absolute atomic E-state index is 0.0841. The zero-order valence-corrected chi connectivity index (χ0v) is 12.7. The van der Waals surface area contributed by atoms with Crippen LogP contribution in [0.5, 0.6) is 0 Å². The van der Waals surface area contributed by atoms with Gasteiger partial charge in [-0.15, -0.1) is 0 Å².